The van der Waals surface area contributed by atoms with Crippen LogP contribution in [0, 0.1) is 0 Å². The number of rotatable bonds is 1. The summed E-state index contributed by atoms with van der Waals surface area (Å²) in [5.41, 5.74) is 8.92. The highest BCUT2D eigenvalue weighted by Gasteiger charge is 2.13. The number of H-pyrrole nitrogens is 1. The number of aromatic amines is 1. The van der Waals surface area contributed by atoms with Crippen molar-refractivity contribution in [2.75, 3.05) is 18.9 Å². The van der Waals surface area contributed by atoms with Crippen LogP contribution in [0.2, 0.25) is 0 Å². The van der Waals surface area contributed by atoms with Gasteiger partial charge in [-0.25, -0.2) is 0 Å². The van der Waals surface area contributed by atoms with E-state index in [0.29, 0.717) is 19.0 Å². The maximum atomic E-state index is 5.85. The third-order valence-corrected chi connectivity index (χ3v) is 3.47. The van der Waals surface area contributed by atoms with Crippen molar-refractivity contribution in [1.29, 1.82) is 0 Å². The van der Waals surface area contributed by atoms with Crippen molar-refractivity contribution >= 4 is 16.7 Å². The molecule has 0 saturated heterocycles. The van der Waals surface area contributed by atoms with Gasteiger partial charge in [0.25, 0.3) is 0 Å². The highest BCUT2D eigenvalue weighted by molar-refractivity contribution is 5.92. The smallest absolute Gasteiger partial charge is 0.161 e. The lowest BCUT2D eigenvalue weighted by atomic mass is 10.0. The largest absolute Gasteiger partial charge is 0.486 e. The first kappa shape index (κ1) is 11.2. The molecule has 5 heteroatoms. The SMILES string of the molecule is Nc1n[nH]c2ccc(-c3ccc4c(c3)OCCO4)cc12. The second-order valence-corrected chi connectivity index (χ2v) is 4.73. The standard InChI is InChI=1S/C15H13N3O2/c16-15-11-7-9(1-3-12(11)17-18-15)10-2-4-13-14(8-10)20-6-5-19-13/h1-4,7-8H,5-6H2,(H3,16,17,18). The normalized spacial score (nSPS) is 13.6. The fourth-order valence-electron chi connectivity index (χ4n) is 2.44. The lowest BCUT2D eigenvalue weighted by Gasteiger charge is -2.18. The summed E-state index contributed by atoms with van der Waals surface area (Å²) in [6, 6.07) is 12.0. The van der Waals surface area contributed by atoms with Gasteiger partial charge >= 0.3 is 0 Å². The fraction of sp³-hybridized carbons (Fsp3) is 0.133. The Balaban J connectivity index is 1.83. The molecule has 0 bridgehead atoms. The summed E-state index contributed by atoms with van der Waals surface area (Å²) in [5.74, 6) is 2.09. The van der Waals surface area contributed by atoms with Crippen molar-refractivity contribution in [2.45, 2.75) is 0 Å². The molecule has 100 valence electrons. The fourth-order valence-corrected chi connectivity index (χ4v) is 2.44. The van der Waals surface area contributed by atoms with Crippen molar-refractivity contribution in [3.8, 4) is 22.6 Å². The van der Waals surface area contributed by atoms with Gasteiger partial charge in [0.05, 0.1) is 5.52 Å². The molecule has 3 N–H and O–H groups in total. The highest BCUT2D eigenvalue weighted by Crippen LogP contribution is 2.35. The van der Waals surface area contributed by atoms with Gasteiger partial charge in [0, 0.05) is 5.39 Å². The van der Waals surface area contributed by atoms with Gasteiger partial charge in [-0.15, -0.1) is 0 Å². The minimum absolute atomic E-state index is 0.513. The van der Waals surface area contributed by atoms with Crippen molar-refractivity contribution in [2.24, 2.45) is 0 Å². The van der Waals surface area contributed by atoms with Crippen molar-refractivity contribution < 1.29 is 9.47 Å². The van der Waals surface area contributed by atoms with Crippen LogP contribution in [-0.2, 0) is 0 Å². The van der Waals surface area contributed by atoms with E-state index < -0.39 is 0 Å². The molecule has 3 aromatic rings. The quantitative estimate of drug-likeness (QED) is 0.710. The minimum Gasteiger partial charge on any atom is -0.486 e. The molecule has 0 aliphatic carbocycles. The van der Waals surface area contributed by atoms with Crippen LogP contribution in [0.25, 0.3) is 22.0 Å². The number of hydrogen-bond donors (Lipinski definition) is 2. The van der Waals surface area contributed by atoms with Crippen LogP contribution in [0.15, 0.2) is 36.4 Å². The first-order valence-corrected chi connectivity index (χ1v) is 6.45. The maximum Gasteiger partial charge on any atom is 0.161 e. The summed E-state index contributed by atoms with van der Waals surface area (Å²) in [4.78, 5) is 0. The summed E-state index contributed by atoms with van der Waals surface area (Å²) in [5, 5.41) is 7.83. The number of fused-ring (bicyclic) bond motifs is 2. The van der Waals surface area contributed by atoms with Gasteiger partial charge < -0.3 is 15.2 Å². The molecule has 0 atom stereocenters. The van der Waals surface area contributed by atoms with E-state index in [1.807, 2.05) is 36.4 Å². The number of aromatic nitrogens is 2. The molecule has 4 rings (SSSR count). The second-order valence-electron chi connectivity index (χ2n) is 4.73. The van der Waals surface area contributed by atoms with Gasteiger partial charge in [-0.2, -0.15) is 5.10 Å². The number of nitrogens with zero attached hydrogens (tertiary/aromatic N) is 1. The van der Waals surface area contributed by atoms with Crippen LogP contribution in [-0.4, -0.2) is 23.4 Å². The van der Waals surface area contributed by atoms with Crippen molar-refractivity contribution in [3.05, 3.63) is 36.4 Å². The molecule has 2 heterocycles. The number of benzene rings is 2. The average Bonchev–Trinajstić information content (AvgIpc) is 2.88. The predicted molar refractivity (Wildman–Crippen MR) is 76.9 cm³/mol. The Morgan fingerprint density at radius 2 is 1.70 bits per heavy atom. The van der Waals surface area contributed by atoms with Crippen LogP contribution < -0.4 is 15.2 Å². The van der Waals surface area contributed by atoms with E-state index >= 15 is 0 Å². The van der Waals surface area contributed by atoms with E-state index in [1.54, 1.807) is 0 Å². The van der Waals surface area contributed by atoms with Crippen LogP contribution in [0.3, 0.4) is 0 Å². The Hall–Kier alpha value is -2.69. The van der Waals surface area contributed by atoms with E-state index in [2.05, 4.69) is 10.2 Å². The van der Waals surface area contributed by atoms with Gasteiger partial charge in [-0.3, -0.25) is 5.10 Å². The summed E-state index contributed by atoms with van der Waals surface area (Å²) < 4.78 is 11.1. The van der Waals surface area contributed by atoms with Crippen LogP contribution in [0.4, 0.5) is 5.82 Å². The molecule has 0 radical (unpaired) electrons. The number of nitrogen functional groups attached to an aromatic ring is 1. The van der Waals surface area contributed by atoms with Gasteiger partial charge in [0.1, 0.15) is 13.2 Å². The first-order valence-electron chi connectivity index (χ1n) is 6.45. The van der Waals surface area contributed by atoms with Crippen molar-refractivity contribution in [3.63, 3.8) is 0 Å². The average molecular weight is 267 g/mol. The maximum absolute atomic E-state index is 5.85. The van der Waals surface area contributed by atoms with Crippen LogP contribution in [0.5, 0.6) is 11.5 Å². The summed E-state index contributed by atoms with van der Waals surface area (Å²) >= 11 is 0. The number of anilines is 1. The topological polar surface area (TPSA) is 73.2 Å². The minimum atomic E-state index is 0.513. The Morgan fingerprint density at radius 3 is 2.60 bits per heavy atom. The molecule has 1 aliphatic rings. The molecule has 0 spiro atoms. The zero-order valence-electron chi connectivity index (χ0n) is 10.7. The van der Waals surface area contributed by atoms with E-state index in [4.69, 9.17) is 15.2 Å². The molecule has 0 fully saturated rings. The lowest BCUT2D eigenvalue weighted by Crippen LogP contribution is -2.15. The molecule has 2 aromatic carbocycles. The Kier molecular flexibility index (Phi) is 2.32. The molecule has 0 amide bonds. The molecule has 20 heavy (non-hydrogen) atoms. The highest BCUT2D eigenvalue weighted by atomic mass is 16.6. The molecule has 0 unspecified atom stereocenters. The molecule has 5 nitrogen and oxygen atoms in total. The zero-order chi connectivity index (χ0) is 13.5. The zero-order valence-corrected chi connectivity index (χ0v) is 10.7. The number of hydrogen-bond acceptors (Lipinski definition) is 4. The van der Waals surface area contributed by atoms with Crippen molar-refractivity contribution in [1.82, 2.24) is 10.2 Å². The monoisotopic (exact) mass is 267 g/mol. The van der Waals surface area contributed by atoms with Crippen LogP contribution >= 0.6 is 0 Å². The number of nitrogens with two attached hydrogens (primary N) is 1. The van der Waals surface area contributed by atoms with Gasteiger partial charge in [0.2, 0.25) is 0 Å². The number of nitrogens with one attached hydrogen (secondary N) is 1. The van der Waals surface area contributed by atoms with Gasteiger partial charge in [-0.05, 0) is 35.4 Å². The second kappa shape index (κ2) is 4.16. The van der Waals surface area contributed by atoms with Gasteiger partial charge in [-0.1, -0.05) is 12.1 Å². The molecule has 1 aromatic heterocycles. The summed E-state index contributed by atoms with van der Waals surface area (Å²) in [7, 11) is 0. The van der Waals surface area contributed by atoms with E-state index in [9.17, 15) is 0 Å². The predicted octanol–water partition coefficient (Wildman–Crippen LogP) is 2.58. The summed E-state index contributed by atoms with van der Waals surface area (Å²) in [6.07, 6.45) is 0. The Morgan fingerprint density at radius 1 is 0.950 bits per heavy atom. The van der Waals surface area contributed by atoms with E-state index in [0.717, 1.165) is 33.5 Å². The molecule has 0 saturated carbocycles. The van der Waals surface area contributed by atoms with Crippen LogP contribution in [0.1, 0.15) is 0 Å². The number of ether oxygens (including phenoxy) is 2. The van der Waals surface area contributed by atoms with E-state index in [-0.39, 0.29) is 0 Å². The molecular weight excluding hydrogens is 254 g/mol. The van der Waals surface area contributed by atoms with E-state index in [1.165, 1.54) is 0 Å². The Bertz CT molecular complexity index is 795. The third-order valence-electron chi connectivity index (χ3n) is 3.47. The summed E-state index contributed by atoms with van der Waals surface area (Å²) in [6.45, 7) is 1.19. The van der Waals surface area contributed by atoms with Gasteiger partial charge in [0.15, 0.2) is 17.3 Å². The first-order chi connectivity index (χ1) is 9.81. The molecule has 1 aliphatic heterocycles. The Labute approximate surface area is 115 Å². The third kappa shape index (κ3) is 1.67. The lowest BCUT2D eigenvalue weighted by molar-refractivity contribution is 0.171. The molecular formula is C15H13N3O2.